The smallest absolute Gasteiger partial charge is 0.413 e. The Morgan fingerprint density at radius 1 is 0.938 bits per heavy atom. The van der Waals surface area contributed by atoms with E-state index in [1.165, 1.54) is 12.1 Å². The molecule has 1 unspecified atom stereocenters. The minimum Gasteiger partial charge on any atom is -0.453 e. The number of alkyl carbamates (subject to hydrolysis) is 2. The summed E-state index contributed by atoms with van der Waals surface area (Å²) in [4.78, 5) is 40.7. The highest BCUT2D eigenvalue weighted by Crippen LogP contribution is 2.29. The molecule has 0 aromatic heterocycles. The summed E-state index contributed by atoms with van der Waals surface area (Å²) in [7, 11) is 0.799. The number of carbonyl (C=O) groups is 3. The quantitative estimate of drug-likeness (QED) is 0.447. The van der Waals surface area contributed by atoms with Gasteiger partial charge in [0.25, 0.3) is 0 Å². The van der Waals surface area contributed by atoms with E-state index in [9.17, 15) is 18.6 Å². The van der Waals surface area contributed by atoms with Gasteiger partial charge >= 0.3 is 12.2 Å². The summed E-state index contributed by atoms with van der Waals surface area (Å²) in [5.41, 5.74) is 0.451. The molecule has 2 aromatic carbocycles. The second-order valence-corrected chi connectivity index (χ2v) is 7.73. The van der Waals surface area contributed by atoms with E-state index in [1.807, 2.05) is 13.0 Å². The fraction of sp³-hybridized carbons (Fsp3) is 0.238. The highest BCUT2D eigenvalue weighted by atomic mass is 32.2. The van der Waals surface area contributed by atoms with Crippen LogP contribution in [-0.4, -0.2) is 42.5 Å². The zero-order chi connectivity index (χ0) is 23.5. The summed E-state index contributed by atoms with van der Waals surface area (Å²) in [6.07, 6.45) is -0.862. The van der Waals surface area contributed by atoms with Gasteiger partial charge in [0.1, 0.15) is 0 Å². The van der Waals surface area contributed by atoms with Crippen molar-refractivity contribution in [2.45, 2.75) is 29.6 Å². The number of benzene rings is 2. The van der Waals surface area contributed by atoms with Crippen molar-refractivity contribution in [3.63, 3.8) is 0 Å². The lowest BCUT2D eigenvalue weighted by Crippen LogP contribution is -2.43. The molecule has 3 amide bonds. The minimum atomic E-state index is -1.50. The Bertz CT molecular complexity index is 1010. The predicted octanol–water partition coefficient (Wildman–Crippen LogP) is 3.29. The standard InChI is InChI=1S/C21H24N4O6S/c1-4-8-18(26)22-17-13-15(32(29)14-9-6-5-7-10-14)11-12-16(17)23-19(24-20(27)30-2)25-21(28)31-3/h5-7,9-13H,4,8H2,1-3H3,(H,22,26)(H2,23,24,25,27,28). The Hall–Kier alpha value is -3.73. The molecular weight excluding hydrogens is 436 g/mol. The van der Waals surface area contributed by atoms with Crippen molar-refractivity contribution in [3.05, 3.63) is 48.5 Å². The summed E-state index contributed by atoms with van der Waals surface area (Å²) >= 11 is 0. The maximum Gasteiger partial charge on any atom is 0.413 e. The SMILES string of the molecule is CCCC(=O)Nc1cc(S(=O)c2ccccc2)ccc1N=C(NC(=O)OC)NC(=O)OC. The van der Waals surface area contributed by atoms with Crippen LogP contribution >= 0.6 is 0 Å². The minimum absolute atomic E-state index is 0.200. The lowest BCUT2D eigenvalue weighted by molar-refractivity contribution is -0.116. The Labute approximate surface area is 187 Å². The number of aliphatic imine (C=N–C) groups is 1. The number of hydrogen-bond acceptors (Lipinski definition) is 7. The summed E-state index contributed by atoms with van der Waals surface area (Å²) in [5.74, 6) is -0.554. The molecule has 0 bridgehead atoms. The van der Waals surface area contributed by atoms with Crippen LogP contribution in [0.2, 0.25) is 0 Å². The maximum atomic E-state index is 12.9. The molecule has 0 radical (unpaired) electrons. The van der Waals surface area contributed by atoms with Crippen LogP contribution in [0.4, 0.5) is 21.0 Å². The first-order valence-electron chi connectivity index (χ1n) is 9.57. The van der Waals surface area contributed by atoms with Crippen LogP contribution in [0.5, 0.6) is 0 Å². The second-order valence-electron chi connectivity index (χ2n) is 6.25. The molecule has 2 aromatic rings. The molecular formula is C21H24N4O6S. The third-order valence-electron chi connectivity index (χ3n) is 3.93. The van der Waals surface area contributed by atoms with E-state index < -0.39 is 23.0 Å². The number of anilines is 1. The van der Waals surface area contributed by atoms with Gasteiger partial charge in [-0.05, 0) is 36.8 Å². The number of carbonyl (C=O) groups excluding carboxylic acids is 3. The van der Waals surface area contributed by atoms with Gasteiger partial charge < -0.3 is 14.8 Å². The lowest BCUT2D eigenvalue weighted by Gasteiger charge is -2.13. The molecule has 0 aliphatic heterocycles. The van der Waals surface area contributed by atoms with Crippen LogP contribution in [0.15, 0.2) is 63.3 Å². The van der Waals surface area contributed by atoms with Gasteiger partial charge in [-0.1, -0.05) is 25.1 Å². The van der Waals surface area contributed by atoms with Crippen molar-refractivity contribution in [3.8, 4) is 0 Å². The summed E-state index contributed by atoms with van der Waals surface area (Å²) < 4.78 is 22.0. The predicted molar refractivity (Wildman–Crippen MR) is 119 cm³/mol. The van der Waals surface area contributed by atoms with Gasteiger partial charge in [-0.25, -0.2) is 18.8 Å². The topological polar surface area (TPSA) is 135 Å². The van der Waals surface area contributed by atoms with Gasteiger partial charge in [0.05, 0.1) is 36.4 Å². The molecule has 0 aliphatic carbocycles. The number of nitrogens with one attached hydrogen (secondary N) is 3. The molecule has 3 N–H and O–H groups in total. The molecule has 0 saturated carbocycles. The van der Waals surface area contributed by atoms with Gasteiger partial charge in [0, 0.05) is 16.2 Å². The van der Waals surface area contributed by atoms with E-state index in [0.717, 1.165) is 14.2 Å². The van der Waals surface area contributed by atoms with Crippen LogP contribution < -0.4 is 16.0 Å². The van der Waals surface area contributed by atoms with Crippen LogP contribution in [0.25, 0.3) is 0 Å². The van der Waals surface area contributed by atoms with Gasteiger partial charge in [0.15, 0.2) is 0 Å². The molecule has 11 heteroatoms. The van der Waals surface area contributed by atoms with Crippen molar-refractivity contribution in [1.29, 1.82) is 0 Å². The van der Waals surface area contributed by atoms with Crippen molar-refractivity contribution in [2.24, 2.45) is 4.99 Å². The fourth-order valence-corrected chi connectivity index (χ4v) is 3.54. The number of hydrogen-bond donors (Lipinski definition) is 3. The van der Waals surface area contributed by atoms with Crippen LogP contribution in [-0.2, 0) is 25.1 Å². The zero-order valence-corrected chi connectivity index (χ0v) is 18.7. The first-order chi connectivity index (χ1) is 15.4. The largest absolute Gasteiger partial charge is 0.453 e. The van der Waals surface area contributed by atoms with E-state index in [2.05, 4.69) is 30.4 Å². The molecule has 0 fully saturated rings. The fourth-order valence-electron chi connectivity index (χ4n) is 2.45. The molecule has 0 saturated heterocycles. The number of guanidine groups is 1. The molecule has 170 valence electrons. The lowest BCUT2D eigenvalue weighted by atomic mass is 10.2. The Kier molecular flexibility index (Phi) is 9.36. The molecule has 2 rings (SSSR count). The Morgan fingerprint density at radius 2 is 1.56 bits per heavy atom. The molecule has 0 aliphatic rings. The first-order valence-corrected chi connectivity index (χ1v) is 10.7. The zero-order valence-electron chi connectivity index (χ0n) is 17.8. The summed E-state index contributed by atoms with van der Waals surface area (Å²) in [5, 5.41) is 7.24. The van der Waals surface area contributed by atoms with E-state index in [0.29, 0.717) is 16.2 Å². The summed E-state index contributed by atoms with van der Waals surface area (Å²) in [6.45, 7) is 1.86. The second kappa shape index (κ2) is 12.2. The van der Waals surface area contributed by atoms with Crippen molar-refractivity contribution in [1.82, 2.24) is 10.6 Å². The first kappa shape index (κ1) is 24.5. The van der Waals surface area contributed by atoms with Gasteiger partial charge in [0.2, 0.25) is 11.9 Å². The molecule has 32 heavy (non-hydrogen) atoms. The number of amides is 3. The van der Waals surface area contributed by atoms with E-state index in [4.69, 9.17) is 0 Å². The van der Waals surface area contributed by atoms with E-state index in [-0.39, 0.29) is 29.7 Å². The molecule has 10 nitrogen and oxygen atoms in total. The maximum absolute atomic E-state index is 12.9. The number of nitrogens with zero attached hydrogens (tertiary/aromatic N) is 1. The molecule has 0 heterocycles. The Balaban J connectivity index is 2.49. The molecule has 0 spiro atoms. The van der Waals surface area contributed by atoms with Gasteiger partial charge in [-0.3, -0.25) is 15.4 Å². The van der Waals surface area contributed by atoms with Crippen LogP contribution in [0.3, 0.4) is 0 Å². The van der Waals surface area contributed by atoms with E-state index >= 15 is 0 Å². The normalized spacial score (nSPS) is 11.0. The number of methoxy groups -OCH3 is 2. The van der Waals surface area contributed by atoms with Crippen molar-refractivity contribution < 1.29 is 28.1 Å². The third kappa shape index (κ3) is 7.20. The van der Waals surface area contributed by atoms with Gasteiger partial charge in [-0.2, -0.15) is 0 Å². The van der Waals surface area contributed by atoms with Crippen molar-refractivity contribution in [2.75, 3.05) is 19.5 Å². The van der Waals surface area contributed by atoms with Crippen LogP contribution in [0, 0.1) is 0 Å². The number of rotatable bonds is 6. The Morgan fingerprint density at radius 3 is 2.12 bits per heavy atom. The van der Waals surface area contributed by atoms with Crippen molar-refractivity contribution >= 4 is 46.2 Å². The average Bonchev–Trinajstić information content (AvgIpc) is 2.80. The number of ether oxygens (including phenoxy) is 2. The van der Waals surface area contributed by atoms with Gasteiger partial charge in [-0.15, -0.1) is 0 Å². The summed E-state index contributed by atoms with van der Waals surface area (Å²) in [6, 6.07) is 13.5. The highest BCUT2D eigenvalue weighted by Gasteiger charge is 2.15. The van der Waals surface area contributed by atoms with E-state index in [1.54, 1.807) is 30.3 Å². The van der Waals surface area contributed by atoms with Crippen LogP contribution in [0.1, 0.15) is 19.8 Å². The third-order valence-corrected chi connectivity index (χ3v) is 5.32. The monoisotopic (exact) mass is 460 g/mol. The average molecular weight is 461 g/mol. The molecule has 1 atom stereocenters. The highest BCUT2D eigenvalue weighted by molar-refractivity contribution is 7.85.